The van der Waals surface area contributed by atoms with E-state index < -0.39 is 0 Å². The SMILES string of the molecule is CN1CCN(c2ccc(Nc3nncc(NCCc4ccccc4)n3)cc2)CC1. The van der Waals surface area contributed by atoms with Crippen LogP contribution in [0.4, 0.5) is 23.1 Å². The number of nitrogens with zero attached hydrogens (tertiary/aromatic N) is 5. The minimum absolute atomic E-state index is 0.488. The molecule has 1 aromatic heterocycles. The largest absolute Gasteiger partial charge is 0.369 e. The van der Waals surface area contributed by atoms with E-state index in [1.165, 1.54) is 11.3 Å². The van der Waals surface area contributed by atoms with E-state index in [4.69, 9.17) is 0 Å². The number of benzene rings is 2. The molecule has 4 rings (SSSR count). The Hall–Kier alpha value is -3.19. The lowest BCUT2D eigenvalue weighted by molar-refractivity contribution is 0.313. The standard InChI is InChI=1S/C22H27N7/c1-28-13-15-29(16-14-28)20-9-7-19(8-10-20)25-22-26-21(17-24-27-22)23-12-11-18-5-3-2-4-6-18/h2-10,17H,11-16H2,1H3,(H2,23,25,26,27). The van der Waals surface area contributed by atoms with Gasteiger partial charge in [0.05, 0.1) is 6.20 Å². The van der Waals surface area contributed by atoms with Crippen molar-refractivity contribution in [3.63, 3.8) is 0 Å². The molecule has 2 aromatic carbocycles. The second kappa shape index (κ2) is 9.34. The summed E-state index contributed by atoms with van der Waals surface area (Å²) in [5, 5.41) is 14.7. The molecule has 0 radical (unpaired) electrons. The van der Waals surface area contributed by atoms with Crippen LogP contribution in [0.3, 0.4) is 0 Å². The molecule has 1 aliphatic heterocycles. The summed E-state index contributed by atoms with van der Waals surface area (Å²) in [6.45, 7) is 5.12. The molecule has 0 saturated carbocycles. The van der Waals surface area contributed by atoms with Crippen molar-refractivity contribution in [1.29, 1.82) is 0 Å². The Morgan fingerprint density at radius 1 is 0.931 bits per heavy atom. The van der Waals surface area contributed by atoms with Gasteiger partial charge in [0, 0.05) is 44.1 Å². The molecule has 150 valence electrons. The Morgan fingerprint density at radius 3 is 2.45 bits per heavy atom. The number of piperazine rings is 1. The minimum Gasteiger partial charge on any atom is -0.369 e. The van der Waals surface area contributed by atoms with Crippen LogP contribution in [0, 0.1) is 0 Å². The van der Waals surface area contributed by atoms with Gasteiger partial charge in [0.25, 0.3) is 0 Å². The van der Waals surface area contributed by atoms with E-state index in [-0.39, 0.29) is 0 Å². The Kier molecular flexibility index (Phi) is 6.16. The lowest BCUT2D eigenvalue weighted by Crippen LogP contribution is -2.44. The zero-order valence-corrected chi connectivity index (χ0v) is 16.8. The van der Waals surface area contributed by atoms with Gasteiger partial charge < -0.3 is 20.4 Å². The van der Waals surface area contributed by atoms with Crippen molar-refractivity contribution in [1.82, 2.24) is 20.1 Å². The average molecular weight is 390 g/mol. The van der Waals surface area contributed by atoms with Crippen LogP contribution in [0.5, 0.6) is 0 Å². The van der Waals surface area contributed by atoms with Crippen LogP contribution in [0.15, 0.2) is 60.8 Å². The summed E-state index contributed by atoms with van der Waals surface area (Å²) in [7, 11) is 2.17. The fraction of sp³-hybridized carbons (Fsp3) is 0.318. The van der Waals surface area contributed by atoms with E-state index in [1.54, 1.807) is 6.20 Å². The third-order valence-corrected chi connectivity index (χ3v) is 5.11. The number of hydrogen-bond donors (Lipinski definition) is 2. The summed E-state index contributed by atoms with van der Waals surface area (Å²) in [6, 6.07) is 18.8. The van der Waals surface area contributed by atoms with E-state index >= 15 is 0 Å². The lowest BCUT2D eigenvalue weighted by atomic mass is 10.1. The first kappa shape index (κ1) is 19.1. The van der Waals surface area contributed by atoms with Gasteiger partial charge in [-0.05, 0) is 43.3 Å². The van der Waals surface area contributed by atoms with Crippen molar-refractivity contribution < 1.29 is 0 Å². The first-order valence-electron chi connectivity index (χ1n) is 10.0. The second-order valence-corrected chi connectivity index (χ2v) is 7.29. The van der Waals surface area contributed by atoms with Gasteiger partial charge in [0.15, 0.2) is 5.82 Å². The van der Waals surface area contributed by atoms with E-state index in [0.717, 1.165) is 44.8 Å². The van der Waals surface area contributed by atoms with Gasteiger partial charge in [-0.15, -0.1) is 5.10 Å². The summed E-state index contributed by atoms with van der Waals surface area (Å²) in [6.07, 6.45) is 2.58. The fourth-order valence-corrected chi connectivity index (χ4v) is 3.37. The zero-order valence-electron chi connectivity index (χ0n) is 16.8. The Bertz CT molecular complexity index is 891. The molecule has 1 fully saturated rings. The van der Waals surface area contributed by atoms with Crippen molar-refractivity contribution in [3.05, 3.63) is 66.4 Å². The normalized spacial score (nSPS) is 14.6. The molecule has 0 unspecified atom stereocenters. The quantitative estimate of drug-likeness (QED) is 0.644. The molecule has 7 heteroatoms. The van der Waals surface area contributed by atoms with Gasteiger partial charge in [0.1, 0.15) is 0 Å². The highest BCUT2D eigenvalue weighted by molar-refractivity contribution is 5.59. The third-order valence-electron chi connectivity index (χ3n) is 5.11. The van der Waals surface area contributed by atoms with Crippen LogP contribution in [-0.2, 0) is 6.42 Å². The molecule has 0 aliphatic carbocycles. The number of anilines is 4. The molecule has 7 nitrogen and oxygen atoms in total. The molecule has 2 N–H and O–H groups in total. The highest BCUT2D eigenvalue weighted by Gasteiger charge is 2.14. The smallest absolute Gasteiger partial charge is 0.249 e. The zero-order chi connectivity index (χ0) is 19.9. The first-order chi connectivity index (χ1) is 14.3. The van der Waals surface area contributed by atoms with Gasteiger partial charge in [-0.2, -0.15) is 10.1 Å². The van der Waals surface area contributed by atoms with Crippen molar-refractivity contribution in [2.45, 2.75) is 6.42 Å². The predicted molar refractivity (Wildman–Crippen MR) is 118 cm³/mol. The summed E-state index contributed by atoms with van der Waals surface area (Å²) >= 11 is 0. The third kappa shape index (κ3) is 5.42. The molecule has 0 atom stereocenters. The van der Waals surface area contributed by atoms with Gasteiger partial charge in [-0.3, -0.25) is 0 Å². The summed E-state index contributed by atoms with van der Waals surface area (Å²) < 4.78 is 0. The van der Waals surface area contributed by atoms with E-state index in [0.29, 0.717) is 11.8 Å². The highest BCUT2D eigenvalue weighted by atomic mass is 15.3. The minimum atomic E-state index is 0.488. The number of hydrogen-bond acceptors (Lipinski definition) is 7. The van der Waals surface area contributed by atoms with Crippen LogP contribution in [-0.4, -0.2) is 59.9 Å². The molecular weight excluding hydrogens is 362 g/mol. The Morgan fingerprint density at radius 2 is 1.69 bits per heavy atom. The van der Waals surface area contributed by atoms with Crippen LogP contribution in [0.1, 0.15) is 5.56 Å². The van der Waals surface area contributed by atoms with Crippen LogP contribution >= 0.6 is 0 Å². The van der Waals surface area contributed by atoms with E-state index in [1.807, 2.05) is 6.07 Å². The molecule has 2 heterocycles. The number of aromatic nitrogens is 3. The molecular formula is C22H27N7. The summed E-state index contributed by atoms with van der Waals surface area (Å²) in [5.74, 6) is 1.20. The van der Waals surface area contributed by atoms with Gasteiger partial charge >= 0.3 is 0 Å². The fourth-order valence-electron chi connectivity index (χ4n) is 3.37. The van der Waals surface area contributed by atoms with Crippen molar-refractivity contribution in [2.24, 2.45) is 0 Å². The summed E-state index contributed by atoms with van der Waals surface area (Å²) in [5.41, 5.74) is 3.49. The van der Waals surface area contributed by atoms with Crippen LogP contribution in [0.2, 0.25) is 0 Å². The molecule has 1 aliphatic rings. The second-order valence-electron chi connectivity index (χ2n) is 7.29. The molecule has 29 heavy (non-hydrogen) atoms. The van der Waals surface area contributed by atoms with Crippen molar-refractivity contribution >= 4 is 23.1 Å². The number of nitrogens with one attached hydrogen (secondary N) is 2. The maximum atomic E-state index is 4.51. The molecule has 3 aromatic rings. The first-order valence-corrected chi connectivity index (χ1v) is 10.0. The van der Waals surface area contributed by atoms with Crippen molar-refractivity contribution in [2.75, 3.05) is 55.3 Å². The van der Waals surface area contributed by atoms with Gasteiger partial charge in [-0.25, -0.2) is 0 Å². The Labute approximate surface area is 171 Å². The predicted octanol–water partition coefficient (Wildman–Crippen LogP) is 3.02. The van der Waals surface area contributed by atoms with Crippen LogP contribution in [0.25, 0.3) is 0 Å². The molecule has 0 amide bonds. The molecule has 0 bridgehead atoms. The van der Waals surface area contributed by atoms with Crippen molar-refractivity contribution in [3.8, 4) is 0 Å². The van der Waals surface area contributed by atoms with Crippen LogP contribution < -0.4 is 15.5 Å². The molecule has 0 spiro atoms. The van der Waals surface area contributed by atoms with E-state index in [2.05, 4.69) is 91.2 Å². The lowest BCUT2D eigenvalue weighted by Gasteiger charge is -2.34. The number of likely N-dealkylation sites (N-methyl/N-ethyl adjacent to an activating group) is 1. The van der Waals surface area contributed by atoms with E-state index in [9.17, 15) is 0 Å². The van der Waals surface area contributed by atoms with Gasteiger partial charge in [0.2, 0.25) is 5.95 Å². The topological polar surface area (TPSA) is 69.2 Å². The monoisotopic (exact) mass is 389 g/mol. The number of rotatable bonds is 7. The average Bonchev–Trinajstić information content (AvgIpc) is 2.76. The summed E-state index contributed by atoms with van der Waals surface area (Å²) in [4.78, 5) is 9.28. The van der Waals surface area contributed by atoms with Gasteiger partial charge in [-0.1, -0.05) is 30.3 Å². The Balaban J connectivity index is 1.31. The maximum Gasteiger partial charge on any atom is 0.249 e. The maximum absolute atomic E-state index is 4.51. The highest BCUT2D eigenvalue weighted by Crippen LogP contribution is 2.21. The molecule has 1 saturated heterocycles.